The minimum atomic E-state index is -0.0991. The van der Waals surface area contributed by atoms with Gasteiger partial charge in [0.25, 0.3) is 5.91 Å². The van der Waals surface area contributed by atoms with E-state index in [0.717, 1.165) is 38.5 Å². The number of pyridine rings is 1. The molecule has 0 aliphatic carbocycles. The largest absolute Gasteiger partial charge is 0.379 e. The third kappa shape index (κ3) is 3.75. The summed E-state index contributed by atoms with van der Waals surface area (Å²) in [5.41, 5.74) is 1.37. The molecule has 0 radical (unpaired) electrons. The third-order valence-electron chi connectivity index (χ3n) is 3.94. The molecule has 1 N–H and O–H groups in total. The van der Waals surface area contributed by atoms with Crippen LogP contribution in [0.2, 0.25) is 0 Å². The Bertz CT molecular complexity index is 650. The highest BCUT2D eigenvalue weighted by Crippen LogP contribution is 2.11. The molecule has 0 atom stereocenters. The first-order chi connectivity index (χ1) is 11.3. The Morgan fingerprint density at radius 1 is 1.35 bits per heavy atom. The molecule has 0 aromatic carbocycles. The van der Waals surface area contributed by atoms with Crippen LogP contribution < -0.4 is 5.32 Å². The number of aromatic nitrogens is 3. The summed E-state index contributed by atoms with van der Waals surface area (Å²) in [7, 11) is 0. The summed E-state index contributed by atoms with van der Waals surface area (Å²) in [6.45, 7) is 6.71. The first-order valence-electron chi connectivity index (χ1n) is 7.80. The van der Waals surface area contributed by atoms with E-state index in [1.165, 1.54) is 0 Å². The summed E-state index contributed by atoms with van der Waals surface area (Å²) < 4.78 is 6.99. The Morgan fingerprint density at radius 3 is 2.91 bits per heavy atom. The molecule has 0 spiro atoms. The molecular formula is C16H21N5O2. The minimum absolute atomic E-state index is 0.0991. The molecule has 1 amide bonds. The molecule has 1 aliphatic rings. The van der Waals surface area contributed by atoms with Crippen molar-refractivity contribution in [1.82, 2.24) is 25.0 Å². The molecule has 1 fully saturated rings. The number of hydrogen-bond donors (Lipinski definition) is 1. The molecule has 2 aromatic rings. The van der Waals surface area contributed by atoms with Crippen LogP contribution in [0.1, 0.15) is 16.1 Å². The third-order valence-corrected chi connectivity index (χ3v) is 3.94. The van der Waals surface area contributed by atoms with E-state index in [9.17, 15) is 4.79 Å². The maximum Gasteiger partial charge on any atom is 0.254 e. The quantitative estimate of drug-likeness (QED) is 0.876. The second-order valence-corrected chi connectivity index (χ2v) is 5.45. The Hall–Kier alpha value is -2.25. The van der Waals surface area contributed by atoms with Crippen LogP contribution in [-0.4, -0.2) is 65.0 Å². The smallest absolute Gasteiger partial charge is 0.254 e. The van der Waals surface area contributed by atoms with Crippen molar-refractivity contribution in [2.45, 2.75) is 6.92 Å². The lowest BCUT2D eigenvalue weighted by molar-refractivity contribution is 0.0383. The SMILES string of the molecule is Cc1c(C(=O)NCCN2CCOCC2)cnn1-c1ccccn1. The molecule has 2 aromatic heterocycles. The van der Waals surface area contributed by atoms with Crippen LogP contribution in [0.15, 0.2) is 30.6 Å². The van der Waals surface area contributed by atoms with Crippen molar-refractivity contribution in [1.29, 1.82) is 0 Å². The van der Waals surface area contributed by atoms with Gasteiger partial charge >= 0.3 is 0 Å². The van der Waals surface area contributed by atoms with Gasteiger partial charge < -0.3 is 10.1 Å². The van der Waals surface area contributed by atoms with E-state index in [1.54, 1.807) is 17.1 Å². The van der Waals surface area contributed by atoms with Gasteiger partial charge in [0.1, 0.15) is 0 Å². The van der Waals surface area contributed by atoms with Gasteiger partial charge in [0.05, 0.1) is 30.7 Å². The molecule has 23 heavy (non-hydrogen) atoms. The van der Waals surface area contributed by atoms with Crippen molar-refractivity contribution < 1.29 is 9.53 Å². The van der Waals surface area contributed by atoms with Gasteiger partial charge in [0.2, 0.25) is 0 Å². The van der Waals surface area contributed by atoms with Crippen molar-refractivity contribution in [2.75, 3.05) is 39.4 Å². The number of ether oxygens (including phenoxy) is 1. The van der Waals surface area contributed by atoms with Gasteiger partial charge in [-0.3, -0.25) is 9.69 Å². The Kier molecular flexibility index (Phi) is 4.99. The molecule has 1 saturated heterocycles. The van der Waals surface area contributed by atoms with Crippen LogP contribution >= 0.6 is 0 Å². The highest BCUT2D eigenvalue weighted by atomic mass is 16.5. The average Bonchev–Trinajstić information content (AvgIpc) is 2.98. The summed E-state index contributed by atoms with van der Waals surface area (Å²) in [6.07, 6.45) is 3.30. The van der Waals surface area contributed by atoms with Crippen molar-refractivity contribution in [3.63, 3.8) is 0 Å². The van der Waals surface area contributed by atoms with Crippen LogP contribution in [0.25, 0.3) is 5.82 Å². The van der Waals surface area contributed by atoms with Gasteiger partial charge in [-0.05, 0) is 19.1 Å². The van der Waals surface area contributed by atoms with Crippen LogP contribution in [0.5, 0.6) is 0 Å². The zero-order chi connectivity index (χ0) is 16.1. The van der Waals surface area contributed by atoms with E-state index in [1.807, 2.05) is 25.1 Å². The Labute approximate surface area is 135 Å². The second kappa shape index (κ2) is 7.34. The minimum Gasteiger partial charge on any atom is -0.379 e. The molecule has 0 unspecified atom stereocenters. The number of carbonyl (C=O) groups is 1. The molecule has 7 heteroatoms. The number of hydrogen-bond acceptors (Lipinski definition) is 5. The number of amides is 1. The first kappa shape index (κ1) is 15.6. The zero-order valence-corrected chi connectivity index (χ0v) is 13.2. The molecule has 3 heterocycles. The summed E-state index contributed by atoms with van der Waals surface area (Å²) in [6, 6.07) is 5.60. The van der Waals surface area contributed by atoms with Gasteiger partial charge in [0.15, 0.2) is 5.82 Å². The first-order valence-corrected chi connectivity index (χ1v) is 7.80. The summed E-state index contributed by atoms with van der Waals surface area (Å²) in [5, 5.41) is 7.23. The van der Waals surface area contributed by atoms with Gasteiger partial charge in [0, 0.05) is 32.4 Å². The second-order valence-electron chi connectivity index (χ2n) is 5.45. The van der Waals surface area contributed by atoms with E-state index in [0.29, 0.717) is 17.9 Å². The molecule has 0 saturated carbocycles. The lowest BCUT2D eigenvalue weighted by atomic mass is 10.2. The van der Waals surface area contributed by atoms with Crippen LogP contribution in [0, 0.1) is 6.92 Å². The van der Waals surface area contributed by atoms with Crippen molar-refractivity contribution in [2.24, 2.45) is 0 Å². The number of nitrogens with zero attached hydrogens (tertiary/aromatic N) is 4. The van der Waals surface area contributed by atoms with E-state index in [2.05, 4.69) is 20.3 Å². The number of carbonyl (C=O) groups excluding carboxylic acids is 1. The Morgan fingerprint density at radius 2 is 2.17 bits per heavy atom. The van der Waals surface area contributed by atoms with Gasteiger partial charge in [-0.25, -0.2) is 9.67 Å². The topological polar surface area (TPSA) is 72.3 Å². The summed E-state index contributed by atoms with van der Waals surface area (Å²) in [5.74, 6) is 0.607. The molecule has 122 valence electrons. The van der Waals surface area contributed by atoms with Crippen LogP contribution in [0.3, 0.4) is 0 Å². The van der Waals surface area contributed by atoms with Crippen LogP contribution in [0.4, 0.5) is 0 Å². The van der Waals surface area contributed by atoms with Crippen molar-refractivity contribution in [3.8, 4) is 5.82 Å². The van der Waals surface area contributed by atoms with Gasteiger partial charge in [-0.15, -0.1) is 0 Å². The van der Waals surface area contributed by atoms with E-state index in [-0.39, 0.29) is 5.91 Å². The fourth-order valence-corrected chi connectivity index (χ4v) is 2.59. The molecule has 1 aliphatic heterocycles. The normalized spacial score (nSPS) is 15.5. The number of nitrogens with one attached hydrogen (secondary N) is 1. The van der Waals surface area contributed by atoms with E-state index < -0.39 is 0 Å². The predicted octanol–water partition coefficient (Wildman–Crippen LogP) is 0.638. The highest BCUT2D eigenvalue weighted by molar-refractivity contribution is 5.95. The average molecular weight is 315 g/mol. The fraction of sp³-hybridized carbons (Fsp3) is 0.438. The van der Waals surface area contributed by atoms with Gasteiger partial charge in [-0.1, -0.05) is 6.07 Å². The summed E-state index contributed by atoms with van der Waals surface area (Å²) >= 11 is 0. The Balaban J connectivity index is 1.58. The maximum atomic E-state index is 12.3. The number of morpholine rings is 1. The lowest BCUT2D eigenvalue weighted by Crippen LogP contribution is -2.41. The molecule has 3 rings (SSSR count). The summed E-state index contributed by atoms with van der Waals surface area (Å²) in [4.78, 5) is 18.9. The monoisotopic (exact) mass is 315 g/mol. The highest BCUT2D eigenvalue weighted by Gasteiger charge is 2.16. The predicted molar refractivity (Wildman–Crippen MR) is 85.7 cm³/mol. The molecule has 0 bridgehead atoms. The molecule has 7 nitrogen and oxygen atoms in total. The standard InChI is InChI=1S/C16H21N5O2/c1-13-14(12-19-21(13)15-4-2-3-5-17-15)16(22)18-6-7-20-8-10-23-11-9-20/h2-5,12H,6-11H2,1H3,(H,18,22). The van der Waals surface area contributed by atoms with Crippen molar-refractivity contribution >= 4 is 5.91 Å². The maximum absolute atomic E-state index is 12.3. The van der Waals surface area contributed by atoms with E-state index in [4.69, 9.17) is 4.74 Å². The molecular weight excluding hydrogens is 294 g/mol. The van der Waals surface area contributed by atoms with Gasteiger partial charge in [-0.2, -0.15) is 5.10 Å². The zero-order valence-electron chi connectivity index (χ0n) is 13.2. The van der Waals surface area contributed by atoms with E-state index >= 15 is 0 Å². The number of rotatable bonds is 5. The van der Waals surface area contributed by atoms with Crippen molar-refractivity contribution in [3.05, 3.63) is 41.9 Å². The fourth-order valence-electron chi connectivity index (χ4n) is 2.59. The lowest BCUT2D eigenvalue weighted by Gasteiger charge is -2.26. The van der Waals surface area contributed by atoms with Crippen LogP contribution in [-0.2, 0) is 4.74 Å².